The van der Waals surface area contributed by atoms with Gasteiger partial charge in [-0.3, -0.25) is 0 Å². The maximum atomic E-state index is 12.4. The molecule has 1 rings (SSSR count). The number of benzene rings is 1. The molecule has 0 aliphatic rings. The smallest absolute Gasteiger partial charge is 0.213 e. The van der Waals surface area contributed by atoms with Gasteiger partial charge in [0.15, 0.2) is 0 Å². The van der Waals surface area contributed by atoms with Gasteiger partial charge in [0.25, 0.3) is 0 Å². The van der Waals surface area contributed by atoms with Crippen LogP contribution in [0.1, 0.15) is 11.1 Å². The van der Waals surface area contributed by atoms with Crippen molar-refractivity contribution in [3.8, 4) is 11.8 Å². The first-order chi connectivity index (χ1) is 8.59. The van der Waals surface area contributed by atoms with Crippen LogP contribution < -0.4 is 4.72 Å². The fourth-order valence-corrected chi connectivity index (χ4v) is 1.66. The van der Waals surface area contributed by atoms with Crippen molar-refractivity contribution in [2.45, 2.75) is 6.18 Å². The van der Waals surface area contributed by atoms with Gasteiger partial charge in [0.2, 0.25) is 10.0 Å². The second kappa shape index (κ2) is 5.82. The number of nitrogens with one attached hydrogen (secondary N) is 1. The van der Waals surface area contributed by atoms with Crippen LogP contribution in [0.3, 0.4) is 0 Å². The van der Waals surface area contributed by atoms with E-state index in [1.165, 1.54) is 0 Å². The molecule has 0 aliphatic carbocycles. The number of sulfonamides is 1. The zero-order valence-corrected chi connectivity index (χ0v) is 11.2. The van der Waals surface area contributed by atoms with Crippen molar-refractivity contribution in [2.75, 3.05) is 12.8 Å². The molecule has 0 spiro atoms. The quantitative estimate of drug-likeness (QED) is 0.852. The van der Waals surface area contributed by atoms with Gasteiger partial charge in [-0.1, -0.05) is 23.4 Å². The summed E-state index contributed by atoms with van der Waals surface area (Å²) in [6.45, 7) is -0.143. The molecule has 0 aromatic heterocycles. The topological polar surface area (TPSA) is 46.2 Å². The first-order valence-electron chi connectivity index (χ1n) is 4.90. The summed E-state index contributed by atoms with van der Waals surface area (Å²) < 4.78 is 60.7. The van der Waals surface area contributed by atoms with Crippen molar-refractivity contribution in [2.24, 2.45) is 0 Å². The number of rotatable bonds is 2. The summed E-state index contributed by atoms with van der Waals surface area (Å²) >= 11 is 5.66. The Bertz CT molecular complexity index is 630. The predicted molar refractivity (Wildman–Crippen MR) is 66.2 cm³/mol. The third kappa shape index (κ3) is 5.51. The average Bonchev–Trinajstić information content (AvgIpc) is 2.23. The van der Waals surface area contributed by atoms with E-state index in [0.717, 1.165) is 24.5 Å². The molecule has 1 aromatic rings. The van der Waals surface area contributed by atoms with Crippen molar-refractivity contribution >= 4 is 21.6 Å². The summed E-state index contributed by atoms with van der Waals surface area (Å²) in [6.07, 6.45) is -3.49. The standard InChI is InChI=1S/C11H9ClF3NO2S/c1-19(17,18)16-6-2-3-8-4-5-9(7-10(8)12)11(13,14)15/h4-5,7,16H,6H2,1H3. The lowest BCUT2D eigenvalue weighted by atomic mass is 10.1. The van der Waals surface area contributed by atoms with Crippen LogP contribution >= 0.6 is 11.6 Å². The molecule has 0 atom stereocenters. The molecular weight excluding hydrogens is 303 g/mol. The van der Waals surface area contributed by atoms with E-state index in [0.29, 0.717) is 0 Å². The maximum absolute atomic E-state index is 12.4. The van der Waals surface area contributed by atoms with E-state index in [4.69, 9.17) is 11.6 Å². The summed E-state index contributed by atoms with van der Waals surface area (Å²) in [4.78, 5) is 0. The van der Waals surface area contributed by atoms with Crippen LogP contribution in [0.5, 0.6) is 0 Å². The van der Waals surface area contributed by atoms with Crippen molar-refractivity contribution < 1.29 is 21.6 Å². The summed E-state index contributed by atoms with van der Waals surface area (Å²) in [5, 5.41) is -0.137. The highest BCUT2D eigenvalue weighted by molar-refractivity contribution is 7.88. The fraction of sp³-hybridized carbons (Fsp3) is 0.273. The molecule has 0 saturated carbocycles. The lowest BCUT2D eigenvalue weighted by Crippen LogP contribution is -2.21. The lowest BCUT2D eigenvalue weighted by molar-refractivity contribution is -0.137. The first-order valence-corrected chi connectivity index (χ1v) is 7.17. The molecule has 0 amide bonds. The molecule has 0 bridgehead atoms. The van der Waals surface area contributed by atoms with E-state index in [2.05, 4.69) is 16.6 Å². The largest absolute Gasteiger partial charge is 0.416 e. The van der Waals surface area contributed by atoms with E-state index in [1.54, 1.807) is 0 Å². The van der Waals surface area contributed by atoms with Gasteiger partial charge < -0.3 is 0 Å². The Kier molecular flexibility index (Phi) is 4.85. The number of hydrogen-bond donors (Lipinski definition) is 1. The highest BCUT2D eigenvalue weighted by atomic mass is 35.5. The van der Waals surface area contributed by atoms with Gasteiger partial charge in [0.1, 0.15) is 0 Å². The molecule has 19 heavy (non-hydrogen) atoms. The second-order valence-corrected chi connectivity index (χ2v) is 5.83. The third-order valence-corrected chi connectivity index (χ3v) is 2.92. The van der Waals surface area contributed by atoms with E-state index in [-0.39, 0.29) is 17.1 Å². The van der Waals surface area contributed by atoms with Crippen molar-refractivity contribution in [1.29, 1.82) is 0 Å². The Balaban J connectivity index is 2.85. The minimum absolute atomic E-state index is 0.137. The van der Waals surface area contributed by atoms with Crippen LogP contribution in [0, 0.1) is 11.8 Å². The van der Waals surface area contributed by atoms with E-state index in [9.17, 15) is 21.6 Å². The van der Waals surface area contributed by atoms with Crippen molar-refractivity contribution in [3.05, 3.63) is 34.3 Å². The van der Waals surface area contributed by atoms with Crippen LogP contribution in [0.15, 0.2) is 18.2 Å². The van der Waals surface area contributed by atoms with Crippen LogP contribution in [0.2, 0.25) is 5.02 Å². The molecule has 1 aromatic carbocycles. The van der Waals surface area contributed by atoms with Gasteiger partial charge in [0.05, 0.1) is 23.4 Å². The normalized spacial score (nSPS) is 11.8. The molecule has 1 N–H and O–H groups in total. The molecule has 8 heteroatoms. The Labute approximate surface area is 113 Å². The number of alkyl halides is 3. The highest BCUT2D eigenvalue weighted by Gasteiger charge is 2.30. The SMILES string of the molecule is CS(=O)(=O)NCC#Cc1ccc(C(F)(F)F)cc1Cl. The zero-order chi connectivity index (χ0) is 14.7. The Hall–Kier alpha value is -1.23. The molecule has 3 nitrogen and oxygen atoms in total. The predicted octanol–water partition coefficient (Wildman–Crippen LogP) is 2.26. The fourth-order valence-electron chi connectivity index (χ4n) is 1.10. The van der Waals surface area contributed by atoms with Gasteiger partial charge in [0, 0.05) is 5.56 Å². The Morgan fingerprint density at radius 3 is 2.47 bits per heavy atom. The van der Waals surface area contributed by atoms with Gasteiger partial charge >= 0.3 is 6.18 Å². The Morgan fingerprint density at radius 2 is 2.00 bits per heavy atom. The van der Waals surface area contributed by atoms with Crippen LogP contribution in [0.4, 0.5) is 13.2 Å². The monoisotopic (exact) mass is 311 g/mol. The average molecular weight is 312 g/mol. The van der Waals surface area contributed by atoms with Gasteiger partial charge in [-0.15, -0.1) is 0 Å². The molecule has 0 fully saturated rings. The highest BCUT2D eigenvalue weighted by Crippen LogP contribution is 2.31. The van der Waals surface area contributed by atoms with E-state index >= 15 is 0 Å². The molecule has 0 aliphatic heterocycles. The van der Waals surface area contributed by atoms with Gasteiger partial charge in [-0.2, -0.15) is 13.2 Å². The van der Waals surface area contributed by atoms with Crippen molar-refractivity contribution in [1.82, 2.24) is 4.72 Å². The number of hydrogen-bond acceptors (Lipinski definition) is 2. The Morgan fingerprint density at radius 1 is 1.37 bits per heavy atom. The summed E-state index contributed by atoms with van der Waals surface area (Å²) in [5.74, 6) is 4.94. The molecule has 0 radical (unpaired) electrons. The van der Waals surface area contributed by atoms with Gasteiger partial charge in [-0.05, 0) is 18.2 Å². The zero-order valence-electron chi connectivity index (χ0n) is 9.68. The molecule has 0 saturated heterocycles. The number of halogens is 4. The third-order valence-electron chi connectivity index (χ3n) is 1.94. The molecule has 0 unspecified atom stereocenters. The summed E-state index contributed by atoms with van der Waals surface area (Å²) in [6, 6.07) is 2.77. The maximum Gasteiger partial charge on any atom is 0.416 e. The van der Waals surface area contributed by atoms with E-state index in [1.807, 2.05) is 0 Å². The van der Waals surface area contributed by atoms with Crippen molar-refractivity contribution in [3.63, 3.8) is 0 Å². The second-order valence-electron chi connectivity index (χ2n) is 3.59. The van der Waals surface area contributed by atoms with Crippen LogP contribution in [-0.4, -0.2) is 21.2 Å². The summed E-state index contributed by atoms with van der Waals surface area (Å²) in [7, 11) is -3.35. The molecular formula is C11H9ClF3NO2S. The summed E-state index contributed by atoms with van der Waals surface area (Å²) in [5.41, 5.74) is -0.665. The van der Waals surface area contributed by atoms with Gasteiger partial charge in [-0.25, -0.2) is 13.1 Å². The van der Waals surface area contributed by atoms with Crippen LogP contribution in [-0.2, 0) is 16.2 Å². The minimum Gasteiger partial charge on any atom is -0.213 e. The molecule has 104 valence electrons. The lowest BCUT2D eigenvalue weighted by Gasteiger charge is -2.07. The minimum atomic E-state index is -4.46. The van der Waals surface area contributed by atoms with E-state index < -0.39 is 21.8 Å². The molecule has 0 heterocycles. The first kappa shape index (κ1) is 15.8. The van der Waals surface area contributed by atoms with Crippen LogP contribution in [0.25, 0.3) is 0 Å².